The van der Waals surface area contributed by atoms with Crippen LogP contribution in [0.4, 0.5) is 0 Å². The zero-order valence-electron chi connectivity index (χ0n) is 16.0. The van der Waals surface area contributed by atoms with E-state index in [0.717, 1.165) is 38.7 Å². The molecular formula is C24H20ClNO2. The third-order valence-electron chi connectivity index (χ3n) is 5.71. The number of methoxy groups -OCH3 is 2. The quantitative estimate of drug-likeness (QED) is 0.392. The number of nitrogens with one attached hydrogen (secondary N) is 1. The number of aromatic nitrogens is 1. The smallest absolute Gasteiger partial charge is 0.127 e. The third-order valence-corrected chi connectivity index (χ3v) is 5.94. The van der Waals surface area contributed by atoms with Crippen molar-refractivity contribution < 1.29 is 9.47 Å². The van der Waals surface area contributed by atoms with E-state index in [1.165, 1.54) is 22.3 Å². The van der Waals surface area contributed by atoms with Gasteiger partial charge in [-0.25, -0.2) is 0 Å². The number of benzene rings is 3. The topological polar surface area (TPSA) is 34.2 Å². The minimum absolute atomic E-state index is 0.0688. The molecule has 0 aliphatic heterocycles. The van der Waals surface area contributed by atoms with Crippen LogP contribution in [0.25, 0.3) is 22.0 Å². The number of halogens is 1. The van der Waals surface area contributed by atoms with Crippen LogP contribution in [0.5, 0.6) is 11.5 Å². The summed E-state index contributed by atoms with van der Waals surface area (Å²) >= 11 is 6.35. The zero-order valence-corrected chi connectivity index (χ0v) is 16.7. The van der Waals surface area contributed by atoms with E-state index in [0.29, 0.717) is 0 Å². The first-order chi connectivity index (χ1) is 13.6. The van der Waals surface area contributed by atoms with Gasteiger partial charge in [0.15, 0.2) is 0 Å². The molecule has 3 nitrogen and oxygen atoms in total. The van der Waals surface area contributed by atoms with Crippen LogP contribution < -0.4 is 9.47 Å². The molecule has 4 heteroatoms. The molecule has 0 fully saturated rings. The van der Waals surface area contributed by atoms with Crippen molar-refractivity contribution in [2.24, 2.45) is 0 Å². The van der Waals surface area contributed by atoms with Gasteiger partial charge in [0.1, 0.15) is 11.5 Å². The van der Waals surface area contributed by atoms with Crippen LogP contribution in [0.3, 0.4) is 0 Å². The first-order valence-electron chi connectivity index (χ1n) is 9.25. The molecule has 1 aromatic heterocycles. The number of hydrogen-bond donors (Lipinski definition) is 1. The Labute approximate surface area is 168 Å². The lowest BCUT2D eigenvalue weighted by atomic mass is 9.87. The largest absolute Gasteiger partial charge is 0.497 e. The normalized spacial score (nSPS) is 14.8. The van der Waals surface area contributed by atoms with Gasteiger partial charge in [0.05, 0.1) is 14.2 Å². The maximum Gasteiger partial charge on any atom is 0.127 e. The van der Waals surface area contributed by atoms with Crippen molar-refractivity contribution in [3.05, 3.63) is 82.0 Å². The summed E-state index contributed by atoms with van der Waals surface area (Å²) < 4.78 is 11.3. The molecule has 0 radical (unpaired) electrons. The van der Waals surface area contributed by atoms with Crippen molar-refractivity contribution in [1.82, 2.24) is 4.98 Å². The van der Waals surface area contributed by atoms with E-state index in [4.69, 9.17) is 21.1 Å². The molecule has 1 N–H and O–H groups in total. The van der Waals surface area contributed by atoms with E-state index in [1.54, 1.807) is 14.2 Å². The van der Waals surface area contributed by atoms with Gasteiger partial charge in [-0.1, -0.05) is 35.9 Å². The second kappa shape index (κ2) is 6.32. The number of H-pyrrole nitrogens is 1. The van der Waals surface area contributed by atoms with Gasteiger partial charge in [-0.05, 0) is 53.4 Å². The summed E-state index contributed by atoms with van der Waals surface area (Å²) in [6, 6.07) is 18.6. The van der Waals surface area contributed by atoms with Crippen molar-refractivity contribution in [3.63, 3.8) is 0 Å². The lowest BCUT2D eigenvalue weighted by Gasteiger charge is -2.18. The summed E-state index contributed by atoms with van der Waals surface area (Å²) in [5.74, 6) is 1.70. The summed E-state index contributed by atoms with van der Waals surface area (Å²) in [5.41, 5.74) is 8.30. The number of aryl methyl sites for hydroxylation is 1. The van der Waals surface area contributed by atoms with Crippen molar-refractivity contribution in [1.29, 1.82) is 0 Å². The van der Waals surface area contributed by atoms with Gasteiger partial charge in [-0.2, -0.15) is 0 Å². The first kappa shape index (κ1) is 17.2. The van der Waals surface area contributed by atoms with Gasteiger partial charge < -0.3 is 14.5 Å². The number of ether oxygens (including phenoxy) is 2. The maximum absolute atomic E-state index is 6.35. The Kier molecular flexibility index (Phi) is 3.88. The molecule has 0 bridgehead atoms. The van der Waals surface area contributed by atoms with Gasteiger partial charge in [-0.3, -0.25) is 0 Å². The fourth-order valence-electron chi connectivity index (χ4n) is 4.55. The number of rotatable bonds is 3. The van der Waals surface area contributed by atoms with Crippen molar-refractivity contribution in [2.75, 3.05) is 14.2 Å². The first-order valence-corrected chi connectivity index (χ1v) is 9.63. The minimum Gasteiger partial charge on any atom is -0.497 e. The molecule has 1 heterocycles. The van der Waals surface area contributed by atoms with E-state index >= 15 is 0 Å². The van der Waals surface area contributed by atoms with Gasteiger partial charge >= 0.3 is 0 Å². The fraction of sp³-hybridized carbons (Fsp3) is 0.167. The molecule has 28 heavy (non-hydrogen) atoms. The molecule has 0 amide bonds. The highest BCUT2D eigenvalue weighted by molar-refractivity contribution is 6.31. The van der Waals surface area contributed by atoms with Gasteiger partial charge in [-0.15, -0.1) is 0 Å². The number of hydrogen-bond acceptors (Lipinski definition) is 2. The average molecular weight is 390 g/mol. The maximum atomic E-state index is 6.35. The molecule has 5 rings (SSSR count). The molecule has 0 saturated carbocycles. The Morgan fingerprint density at radius 2 is 1.71 bits per heavy atom. The van der Waals surface area contributed by atoms with Crippen molar-refractivity contribution in [3.8, 4) is 22.6 Å². The van der Waals surface area contributed by atoms with Crippen LogP contribution >= 0.6 is 11.6 Å². The van der Waals surface area contributed by atoms with E-state index in [9.17, 15) is 0 Å². The number of aromatic amines is 1. The van der Waals surface area contributed by atoms with Crippen LogP contribution in [0.2, 0.25) is 5.02 Å². The predicted octanol–water partition coefficient (Wildman–Crippen LogP) is 6.31. The second-order valence-electron chi connectivity index (χ2n) is 7.16. The van der Waals surface area contributed by atoms with E-state index in [1.807, 2.05) is 24.3 Å². The van der Waals surface area contributed by atoms with E-state index < -0.39 is 0 Å². The van der Waals surface area contributed by atoms with Crippen LogP contribution in [0, 0.1) is 6.92 Å². The second-order valence-corrected chi connectivity index (χ2v) is 7.60. The SMILES string of the molecule is COc1cc(OC)c2c(c1)-c1ccccc1C2c1c(C)[nH]c2ccc(Cl)cc12. The molecule has 1 unspecified atom stereocenters. The lowest BCUT2D eigenvalue weighted by molar-refractivity contribution is 0.391. The van der Waals surface area contributed by atoms with Crippen LogP contribution in [0.15, 0.2) is 54.6 Å². The molecule has 0 spiro atoms. The van der Waals surface area contributed by atoms with E-state index in [2.05, 4.69) is 42.2 Å². The Balaban J connectivity index is 1.88. The van der Waals surface area contributed by atoms with Crippen LogP contribution in [-0.4, -0.2) is 19.2 Å². The van der Waals surface area contributed by atoms with Gasteiger partial charge in [0.2, 0.25) is 0 Å². The molecule has 1 atom stereocenters. The molecule has 140 valence electrons. The van der Waals surface area contributed by atoms with Gasteiger partial charge in [0.25, 0.3) is 0 Å². The van der Waals surface area contributed by atoms with Crippen LogP contribution in [0.1, 0.15) is 28.3 Å². The highest BCUT2D eigenvalue weighted by Crippen LogP contribution is 2.54. The summed E-state index contributed by atoms with van der Waals surface area (Å²) in [4.78, 5) is 3.53. The summed E-state index contributed by atoms with van der Waals surface area (Å²) in [5, 5.41) is 1.89. The van der Waals surface area contributed by atoms with E-state index in [-0.39, 0.29) is 5.92 Å². The minimum atomic E-state index is 0.0688. The Hall–Kier alpha value is -2.91. The zero-order chi connectivity index (χ0) is 19.4. The summed E-state index contributed by atoms with van der Waals surface area (Å²) in [6.45, 7) is 2.12. The lowest BCUT2D eigenvalue weighted by Crippen LogP contribution is -2.03. The summed E-state index contributed by atoms with van der Waals surface area (Å²) in [6.07, 6.45) is 0. The Morgan fingerprint density at radius 3 is 2.50 bits per heavy atom. The van der Waals surface area contributed by atoms with Gasteiger partial charge in [0, 0.05) is 39.2 Å². The highest BCUT2D eigenvalue weighted by Gasteiger charge is 2.35. The Bertz CT molecular complexity index is 1220. The standard InChI is InChI=1S/C24H20ClNO2/c1-13-22(19-10-14(25)8-9-20(19)26-13)24-17-7-5-4-6-16(17)18-11-15(27-2)12-21(28-3)23(18)24/h4-12,24,26H,1-3H3. The summed E-state index contributed by atoms with van der Waals surface area (Å²) in [7, 11) is 3.40. The molecule has 3 aromatic carbocycles. The third kappa shape index (κ3) is 2.36. The predicted molar refractivity (Wildman–Crippen MR) is 114 cm³/mol. The molecule has 0 saturated heterocycles. The Morgan fingerprint density at radius 1 is 0.893 bits per heavy atom. The number of fused-ring (bicyclic) bond motifs is 4. The molecule has 1 aliphatic rings. The van der Waals surface area contributed by atoms with Crippen molar-refractivity contribution in [2.45, 2.75) is 12.8 Å². The highest BCUT2D eigenvalue weighted by atomic mass is 35.5. The van der Waals surface area contributed by atoms with Crippen molar-refractivity contribution >= 4 is 22.5 Å². The monoisotopic (exact) mass is 389 g/mol. The average Bonchev–Trinajstić information content (AvgIpc) is 3.20. The fourth-order valence-corrected chi connectivity index (χ4v) is 4.72. The van der Waals surface area contributed by atoms with Crippen LogP contribution in [-0.2, 0) is 0 Å². The molecular weight excluding hydrogens is 370 g/mol. The molecule has 4 aromatic rings. The molecule has 1 aliphatic carbocycles.